The van der Waals surface area contributed by atoms with Crippen LogP contribution in [0.5, 0.6) is 0 Å². The van der Waals surface area contributed by atoms with E-state index in [9.17, 15) is 14.7 Å². The van der Waals surface area contributed by atoms with E-state index in [-0.39, 0.29) is 17.6 Å². The first-order valence-corrected chi connectivity index (χ1v) is 9.47. The van der Waals surface area contributed by atoms with Crippen LogP contribution < -0.4 is 5.32 Å². The Hall–Kier alpha value is -2.64. The SMILES string of the molecule is C[C@@H]1NCCN(C(=O)c2cc3c(C(=O)O)ncn3c3ccc(Cl)cc23)C1(C)C. The summed E-state index contributed by atoms with van der Waals surface area (Å²) >= 11 is 6.21. The average molecular weight is 401 g/mol. The molecule has 1 aliphatic heterocycles. The summed E-state index contributed by atoms with van der Waals surface area (Å²) in [4.78, 5) is 31.1. The van der Waals surface area contributed by atoms with Gasteiger partial charge in [0.2, 0.25) is 0 Å². The van der Waals surface area contributed by atoms with Crippen LogP contribution in [-0.2, 0) is 0 Å². The smallest absolute Gasteiger partial charge is 0.356 e. The van der Waals surface area contributed by atoms with Crippen molar-refractivity contribution in [2.45, 2.75) is 32.4 Å². The number of hydrogen-bond donors (Lipinski definition) is 2. The van der Waals surface area contributed by atoms with E-state index in [1.165, 1.54) is 6.33 Å². The second-order valence-electron chi connectivity index (χ2n) is 7.66. The summed E-state index contributed by atoms with van der Waals surface area (Å²) < 4.78 is 1.68. The number of rotatable bonds is 2. The number of pyridine rings is 1. The Morgan fingerprint density at radius 2 is 2.04 bits per heavy atom. The summed E-state index contributed by atoms with van der Waals surface area (Å²) in [5.41, 5.74) is 1.01. The molecule has 0 spiro atoms. The van der Waals surface area contributed by atoms with Gasteiger partial charge in [-0.25, -0.2) is 9.78 Å². The van der Waals surface area contributed by atoms with Gasteiger partial charge in [0.25, 0.3) is 5.91 Å². The van der Waals surface area contributed by atoms with Gasteiger partial charge < -0.3 is 15.3 Å². The molecule has 1 saturated heterocycles. The zero-order valence-electron chi connectivity index (χ0n) is 15.9. The number of aromatic nitrogens is 2. The van der Waals surface area contributed by atoms with Crippen molar-refractivity contribution in [3.8, 4) is 0 Å². The second kappa shape index (κ2) is 6.46. The summed E-state index contributed by atoms with van der Waals surface area (Å²) in [6, 6.07) is 6.96. The van der Waals surface area contributed by atoms with Crippen LogP contribution >= 0.6 is 11.6 Å². The zero-order chi connectivity index (χ0) is 20.2. The van der Waals surface area contributed by atoms with E-state index in [0.29, 0.717) is 40.1 Å². The Balaban J connectivity index is 1.98. The minimum atomic E-state index is -1.13. The maximum absolute atomic E-state index is 13.6. The van der Waals surface area contributed by atoms with Crippen molar-refractivity contribution in [1.29, 1.82) is 0 Å². The zero-order valence-corrected chi connectivity index (χ0v) is 16.6. The molecular weight excluding hydrogens is 380 g/mol. The normalized spacial score (nSPS) is 19.3. The summed E-state index contributed by atoms with van der Waals surface area (Å²) in [6.07, 6.45) is 1.46. The Morgan fingerprint density at radius 3 is 2.75 bits per heavy atom. The van der Waals surface area contributed by atoms with E-state index < -0.39 is 11.5 Å². The van der Waals surface area contributed by atoms with Gasteiger partial charge in [0.05, 0.1) is 22.1 Å². The number of nitrogens with one attached hydrogen (secondary N) is 1. The molecule has 0 saturated carbocycles. The van der Waals surface area contributed by atoms with Crippen LogP contribution in [0.4, 0.5) is 0 Å². The molecule has 1 fully saturated rings. The van der Waals surface area contributed by atoms with Crippen molar-refractivity contribution in [3.63, 3.8) is 0 Å². The Morgan fingerprint density at radius 1 is 1.29 bits per heavy atom. The van der Waals surface area contributed by atoms with Gasteiger partial charge in [-0.1, -0.05) is 11.6 Å². The van der Waals surface area contributed by atoms with E-state index in [0.717, 1.165) is 0 Å². The number of hydrogen-bond acceptors (Lipinski definition) is 4. The quantitative estimate of drug-likeness (QED) is 0.690. The topological polar surface area (TPSA) is 86.9 Å². The molecule has 0 bridgehead atoms. The van der Waals surface area contributed by atoms with Crippen LogP contribution in [0.15, 0.2) is 30.6 Å². The van der Waals surface area contributed by atoms with Gasteiger partial charge >= 0.3 is 5.97 Å². The Labute approximate surface area is 166 Å². The van der Waals surface area contributed by atoms with E-state index >= 15 is 0 Å². The minimum Gasteiger partial charge on any atom is -0.476 e. The van der Waals surface area contributed by atoms with Crippen molar-refractivity contribution < 1.29 is 14.7 Å². The van der Waals surface area contributed by atoms with Crippen LogP contribution in [0.25, 0.3) is 16.4 Å². The van der Waals surface area contributed by atoms with Crippen LogP contribution in [0.3, 0.4) is 0 Å². The molecule has 1 amide bonds. The highest BCUT2D eigenvalue weighted by molar-refractivity contribution is 6.31. The fourth-order valence-electron chi connectivity index (χ4n) is 3.85. The number of carboxylic acids is 1. The molecule has 3 heterocycles. The van der Waals surface area contributed by atoms with Crippen LogP contribution in [-0.4, -0.2) is 55.9 Å². The fourth-order valence-corrected chi connectivity index (χ4v) is 4.02. The largest absolute Gasteiger partial charge is 0.476 e. The predicted molar refractivity (Wildman–Crippen MR) is 107 cm³/mol. The second-order valence-corrected chi connectivity index (χ2v) is 8.10. The molecular formula is C20H21ClN4O3. The summed E-state index contributed by atoms with van der Waals surface area (Å²) in [6.45, 7) is 7.36. The number of benzene rings is 1. The Bertz CT molecular complexity index is 1120. The maximum Gasteiger partial charge on any atom is 0.356 e. The molecule has 0 unspecified atom stereocenters. The molecule has 2 N–H and O–H groups in total. The maximum atomic E-state index is 13.6. The molecule has 3 aromatic rings. The molecule has 0 radical (unpaired) electrons. The third-order valence-corrected chi connectivity index (χ3v) is 6.05. The van der Waals surface area contributed by atoms with Crippen molar-refractivity contribution in [2.75, 3.05) is 13.1 Å². The van der Waals surface area contributed by atoms with Crippen LogP contribution in [0.2, 0.25) is 5.02 Å². The number of amides is 1. The number of halogens is 1. The van der Waals surface area contributed by atoms with Gasteiger partial charge in [0, 0.05) is 29.5 Å². The molecule has 28 heavy (non-hydrogen) atoms. The minimum absolute atomic E-state index is 0.0844. The van der Waals surface area contributed by atoms with Crippen molar-refractivity contribution in [2.24, 2.45) is 0 Å². The highest BCUT2D eigenvalue weighted by atomic mass is 35.5. The first-order chi connectivity index (χ1) is 13.2. The number of carbonyl (C=O) groups excluding carboxylic acids is 1. The summed E-state index contributed by atoms with van der Waals surface area (Å²) in [5, 5.41) is 14.1. The molecule has 4 rings (SSSR count). The third-order valence-electron chi connectivity index (χ3n) is 5.81. The molecule has 1 atom stereocenters. The number of carbonyl (C=O) groups is 2. The van der Waals surface area contributed by atoms with E-state index in [1.54, 1.807) is 28.7 Å². The van der Waals surface area contributed by atoms with E-state index in [2.05, 4.69) is 17.2 Å². The number of aromatic carboxylic acids is 1. The number of imidazole rings is 1. The van der Waals surface area contributed by atoms with Crippen LogP contribution in [0, 0.1) is 0 Å². The number of piperazine rings is 1. The van der Waals surface area contributed by atoms with Gasteiger partial charge in [0.1, 0.15) is 6.33 Å². The molecule has 0 aliphatic carbocycles. The predicted octanol–water partition coefficient (Wildman–Crippen LogP) is 3.05. The highest BCUT2D eigenvalue weighted by Gasteiger charge is 2.39. The number of carboxylic acid groups (broad SMARTS) is 1. The molecule has 1 aromatic carbocycles. The molecule has 2 aromatic heterocycles. The van der Waals surface area contributed by atoms with Gasteiger partial charge in [0.15, 0.2) is 5.69 Å². The van der Waals surface area contributed by atoms with E-state index in [1.807, 2.05) is 18.7 Å². The summed E-state index contributed by atoms with van der Waals surface area (Å²) in [5.74, 6) is -1.28. The van der Waals surface area contributed by atoms with Gasteiger partial charge in [-0.3, -0.25) is 9.20 Å². The average Bonchev–Trinajstić information content (AvgIpc) is 3.06. The van der Waals surface area contributed by atoms with Gasteiger partial charge in [-0.05, 0) is 45.0 Å². The first kappa shape index (κ1) is 18.7. The molecule has 1 aliphatic rings. The molecule has 7 nitrogen and oxygen atoms in total. The highest BCUT2D eigenvalue weighted by Crippen LogP contribution is 2.31. The third kappa shape index (κ3) is 2.73. The van der Waals surface area contributed by atoms with Crippen molar-refractivity contribution in [1.82, 2.24) is 19.6 Å². The lowest BCUT2D eigenvalue weighted by atomic mass is 9.90. The van der Waals surface area contributed by atoms with Crippen LogP contribution in [0.1, 0.15) is 41.6 Å². The van der Waals surface area contributed by atoms with E-state index in [4.69, 9.17) is 11.6 Å². The number of fused-ring (bicyclic) bond motifs is 3. The molecule has 146 valence electrons. The monoisotopic (exact) mass is 400 g/mol. The number of nitrogens with zero attached hydrogens (tertiary/aromatic N) is 3. The first-order valence-electron chi connectivity index (χ1n) is 9.10. The standard InChI is InChI=1S/C20H21ClN4O3/c1-11-20(2,3)25(7-6-22-11)18(26)14-9-16-17(19(27)28)23-10-24(16)15-5-4-12(21)8-13(14)15/h4-5,8-11,22H,6-7H2,1-3H3,(H,27,28)/t11-/m0/s1. The lowest BCUT2D eigenvalue weighted by molar-refractivity contribution is 0.0355. The lowest BCUT2D eigenvalue weighted by Crippen LogP contribution is -2.64. The van der Waals surface area contributed by atoms with Gasteiger partial charge in [-0.15, -0.1) is 0 Å². The van der Waals surface area contributed by atoms with Gasteiger partial charge in [-0.2, -0.15) is 0 Å². The molecule has 8 heteroatoms. The summed E-state index contributed by atoms with van der Waals surface area (Å²) in [7, 11) is 0. The Kier molecular flexibility index (Phi) is 4.32. The van der Waals surface area contributed by atoms with Crippen molar-refractivity contribution in [3.05, 3.63) is 46.9 Å². The fraction of sp³-hybridized carbons (Fsp3) is 0.350. The lowest BCUT2D eigenvalue weighted by Gasteiger charge is -2.47. The van der Waals surface area contributed by atoms with Crippen molar-refractivity contribution >= 4 is 39.9 Å².